The predicted molar refractivity (Wildman–Crippen MR) is 70.5 cm³/mol. The minimum Gasteiger partial charge on any atom is -0.441 e. The maximum Gasteiger partial charge on any atom is 0.208 e. The van der Waals surface area contributed by atoms with Gasteiger partial charge < -0.3 is 10.5 Å². The number of nitrogens with zero attached hydrogens (tertiary/aromatic N) is 1. The van der Waals surface area contributed by atoms with Gasteiger partial charge in [-0.05, 0) is 24.3 Å². The van der Waals surface area contributed by atoms with Crippen molar-refractivity contribution in [3.8, 4) is 10.8 Å². The van der Waals surface area contributed by atoms with E-state index in [0.717, 1.165) is 10.9 Å². The molecule has 0 saturated heterocycles. The molecule has 0 atom stereocenters. The van der Waals surface area contributed by atoms with Gasteiger partial charge in [-0.2, -0.15) is 4.37 Å². The first-order valence-electron chi connectivity index (χ1n) is 5.31. The van der Waals surface area contributed by atoms with Crippen LogP contribution in [-0.4, -0.2) is 4.37 Å². The molecule has 0 amide bonds. The van der Waals surface area contributed by atoms with E-state index >= 15 is 0 Å². The van der Waals surface area contributed by atoms with Crippen LogP contribution in [0.5, 0.6) is 10.8 Å². The van der Waals surface area contributed by atoms with Crippen LogP contribution in [0.3, 0.4) is 0 Å². The van der Waals surface area contributed by atoms with E-state index in [9.17, 15) is 4.39 Å². The van der Waals surface area contributed by atoms with Crippen LogP contribution in [0.1, 0.15) is 0 Å². The second-order valence-electron chi connectivity index (χ2n) is 3.78. The normalized spacial score (nSPS) is 10.7. The molecule has 3 nitrogen and oxygen atoms in total. The summed E-state index contributed by atoms with van der Waals surface area (Å²) < 4.78 is 23.4. The Morgan fingerprint density at radius 1 is 1.17 bits per heavy atom. The SMILES string of the molecule is Nc1ccc(Oc2snc3ccccc23)c(F)c1. The van der Waals surface area contributed by atoms with Crippen molar-refractivity contribution in [3.63, 3.8) is 0 Å². The number of rotatable bonds is 2. The second kappa shape index (κ2) is 4.27. The quantitative estimate of drug-likeness (QED) is 0.713. The Morgan fingerprint density at radius 2 is 2.00 bits per heavy atom. The second-order valence-corrected chi connectivity index (χ2v) is 4.52. The molecule has 0 bridgehead atoms. The van der Waals surface area contributed by atoms with Gasteiger partial charge in [0.05, 0.1) is 10.9 Å². The average Bonchev–Trinajstić information content (AvgIpc) is 2.76. The molecule has 0 saturated carbocycles. The summed E-state index contributed by atoms with van der Waals surface area (Å²) in [5.41, 5.74) is 6.70. The highest BCUT2D eigenvalue weighted by molar-refractivity contribution is 7.09. The number of halogens is 1. The number of hydrogen-bond donors (Lipinski definition) is 1. The van der Waals surface area contributed by atoms with E-state index in [-0.39, 0.29) is 5.75 Å². The lowest BCUT2D eigenvalue weighted by Crippen LogP contribution is -1.90. The van der Waals surface area contributed by atoms with Gasteiger partial charge >= 0.3 is 0 Å². The van der Waals surface area contributed by atoms with Crippen LogP contribution in [0.25, 0.3) is 10.9 Å². The highest BCUT2D eigenvalue weighted by atomic mass is 32.1. The first kappa shape index (κ1) is 11.0. The minimum atomic E-state index is -0.479. The van der Waals surface area contributed by atoms with Crippen molar-refractivity contribution in [1.29, 1.82) is 0 Å². The number of fused-ring (bicyclic) bond motifs is 1. The van der Waals surface area contributed by atoms with Crippen molar-refractivity contribution in [2.24, 2.45) is 0 Å². The van der Waals surface area contributed by atoms with Gasteiger partial charge in [0, 0.05) is 23.3 Å². The molecule has 1 aromatic heterocycles. The Bertz CT molecular complexity index is 711. The third-order valence-corrected chi connectivity index (χ3v) is 3.27. The van der Waals surface area contributed by atoms with Gasteiger partial charge in [-0.1, -0.05) is 12.1 Å². The molecule has 2 aromatic carbocycles. The van der Waals surface area contributed by atoms with Crippen LogP contribution in [0.15, 0.2) is 42.5 Å². The molecule has 0 aliphatic rings. The molecule has 0 aliphatic carbocycles. The number of aromatic nitrogens is 1. The molecular formula is C13H9FN2OS. The van der Waals surface area contributed by atoms with Crippen LogP contribution in [0.4, 0.5) is 10.1 Å². The number of nitrogens with two attached hydrogens (primary N) is 1. The smallest absolute Gasteiger partial charge is 0.208 e. The van der Waals surface area contributed by atoms with E-state index in [4.69, 9.17) is 10.5 Å². The number of anilines is 1. The predicted octanol–water partition coefficient (Wildman–Crippen LogP) is 3.81. The van der Waals surface area contributed by atoms with E-state index in [1.807, 2.05) is 24.3 Å². The van der Waals surface area contributed by atoms with Crippen molar-refractivity contribution < 1.29 is 9.13 Å². The number of ether oxygens (including phenoxy) is 1. The lowest BCUT2D eigenvalue weighted by Gasteiger charge is -2.04. The van der Waals surface area contributed by atoms with E-state index in [1.54, 1.807) is 6.07 Å². The van der Waals surface area contributed by atoms with Crippen LogP contribution in [-0.2, 0) is 0 Å². The van der Waals surface area contributed by atoms with Crippen molar-refractivity contribution in [3.05, 3.63) is 48.3 Å². The standard InChI is InChI=1S/C13H9FN2OS/c14-10-7-8(15)5-6-12(10)17-13-9-3-1-2-4-11(9)16-18-13/h1-7H,15H2. The fraction of sp³-hybridized carbons (Fsp3) is 0. The third-order valence-electron chi connectivity index (χ3n) is 2.51. The Morgan fingerprint density at radius 3 is 2.83 bits per heavy atom. The molecule has 0 unspecified atom stereocenters. The van der Waals surface area contributed by atoms with Crippen molar-refractivity contribution in [2.75, 3.05) is 5.73 Å². The summed E-state index contributed by atoms with van der Waals surface area (Å²) in [7, 11) is 0. The molecule has 0 radical (unpaired) electrons. The highest BCUT2D eigenvalue weighted by Gasteiger charge is 2.10. The largest absolute Gasteiger partial charge is 0.441 e. The monoisotopic (exact) mass is 260 g/mol. The highest BCUT2D eigenvalue weighted by Crippen LogP contribution is 2.35. The maximum atomic E-state index is 13.6. The number of hydrogen-bond acceptors (Lipinski definition) is 4. The van der Waals surface area contributed by atoms with Crippen LogP contribution in [0, 0.1) is 5.82 Å². The van der Waals surface area contributed by atoms with Crippen LogP contribution in [0.2, 0.25) is 0 Å². The van der Waals surface area contributed by atoms with Gasteiger partial charge in [0.1, 0.15) is 0 Å². The molecule has 3 rings (SSSR count). The van der Waals surface area contributed by atoms with Gasteiger partial charge in [-0.25, -0.2) is 4.39 Å². The van der Waals surface area contributed by atoms with Crippen molar-refractivity contribution >= 4 is 28.1 Å². The van der Waals surface area contributed by atoms with Crippen LogP contribution >= 0.6 is 11.5 Å². The molecule has 3 aromatic rings. The van der Waals surface area contributed by atoms with E-state index in [1.165, 1.54) is 23.7 Å². The first-order valence-corrected chi connectivity index (χ1v) is 6.08. The van der Waals surface area contributed by atoms with Crippen molar-refractivity contribution in [2.45, 2.75) is 0 Å². The average molecular weight is 260 g/mol. The topological polar surface area (TPSA) is 48.1 Å². The lowest BCUT2D eigenvalue weighted by molar-refractivity contribution is 0.456. The van der Waals surface area contributed by atoms with E-state index in [0.29, 0.717) is 10.8 Å². The molecule has 0 aliphatic heterocycles. The van der Waals surface area contributed by atoms with Crippen molar-refractivity contribution in [1.82, 2.24) is 4.37 Å². The summed E-state index contributed by atoms with van der Waals surface area (Å²) in [5, 5.41) is 1.45. The number of nitrogen functional groups attached to an aromatic ring is 1. The summed E-state index contributed by atoms with van der Waals surface area (Å²) in [6, 6.07) is 11.9. The maximum absolute atomic E-state index is 13.6. The Kier molecular flexibility index (Phi) is 2.60. The first-order chi connectivity index (χ1) is 8.74. The van der Waals surface area contributed by atoms with Gasteiger partial charge in [0.2, 0.25) is 5.06 Å². The number of benzene rings is 2. The molecule has 0 fully saturated rings. The Hall–Kier alpha value is -2.14. The fourth-order valence-corrected chi connectivity index (χ4v) is 2.38. The zero-order valence-corrected chi connectivity index (χ0v) is 10.1. The van der Waals surface area contributed by atoms with Gasteiger partial charge in [0.15, 0.2) is 11.6 Å². The van der Waals surface area contributed by atoms with Gasteiger partial charge in [0.25, 0.3) is 0 Å². The molecule has 1 heterocycles. The molecule has 5 heteroatoms. The molecule has 0 spiro atoms. The summed E-state index contributed by atoms with van der Waals surface area (Å²) >= 11 is 1.20. The molecule has 18 heavy (non-hydrogen) atoms. The van der Waals surface area contributed by atoms with E-state index in [2.05, 4.69) is 4.37 Å². The molecule has 2 N–H and O–H groups in total. The zero-order chi connectivity index (χ0) is 12.5. The van der Waals surface area contributed by atoms with Gasteiger partial charge in [-0.3, -0.25) is 0 Å². The lowest BCUT2D eigenvalue weighted by atomic mass is 10.2. The fourth-order valence-electron chi connectivity index (χ4n) is 1.64. The summed E-state index contributed by atoms with van der Waals surface area (Å²) in [5.74, 6) is -0.328. The summed E-state index contributed by atoms with van der Waals surface area (Å²) in [6.07, 6.45) is 0. The minimum absolute atomic E-state index is 0.151. The Balaban J connectivity index is 2.01. The van der Waals surface area contributed by atoms with E-state index < -0.39 is 5.82 Å². The third kappa shape index (κ3) is 1.89. The zero-order valence-electron chi connectivity index (χ0n) is 9.26. The summed E-state index contributed by atoms with van der Waals surface area (Å²) in [6.45, 7) is 0. The molecular weight excluding hydrogens is 251 g/mol. The Labute approximate surface area is 107 Å². The summed E-state index contributed by atoms with van der Waals surface area (Å²) in [4.78, 5) is 0. The van der Waals surface area contributed by atoms with Crippen LogP contribution < -0.4 is 10.5 Å². The molecule has 90 valence electrons. The van der Waals surface area contributed by atoms with Gasteiger partial charge in [-0.15, -0.1) is 0 Å².